The van der Waals surface area contributed by atoms with Crippen LogP contribution in [0.15, 0.2) is 34.9 Å². The maximum Gasteiger partial charge on any atom is 0.102 e. The van der Waals surface area contributed by atoms with Crippen molar-refractivity contribution in [3.63, 3.8) is 0 Å². The zero-order valence-electron chi connectivity index (χ0n) is 10.8. The fourth-order valence-corrected chi connectivity index (χ4v) is 1.73. The normalized spacial score (nSPS) is 11.6. The number of benzene rings is 1. The van der Waals surface area contributed by atoms with Crippen molar-refractivity contribution in [2.24, 2.45) is 0 Å². The van der Waals surface area contributed by atoms with Gasteiger partial charge in [-0.05, 0) is 45.0 Å². The Balaban J connectivity index is 1.98. The van der Waals surface area contributed by atoms with Gasteiger partial charge < -0.3 is 5.32 Å². The van der Waals surface area contributed by atoms with Gasteiger partial charge in [0.05, 0.1) is 18.3 Å². The van der Waals surface area contributed by atoms with Crippen molar-refractivity contribution in [1.29, 1.82) is 0 Å². The van der Waals surface area contributed by atoms with Gasteiger partial charge in [-0.15, -0.1) is 5.10 Å². The van der Waals surface area contributed by atoms with Gasteiger partial charge in [0.2, 0.25) is 0 Å². The van der Waals surface area contributed by atoms with Crippen molar-refractivity contribution >= 4 is 21.6 Å². The van der Waals surface area contributed by atoms with Crippen molar-refractivity contribution < 1.29 is 0 Å². The molecule has 0 saturated heterocycles. The lowest BCUT2D eigenvalue weighted by molar-refractivity contribution is 0.347. The van der Waals surface area contributed by atoms with E-state index in [1.165, 1.54) is 0 Å². The third-order valence-corrected chi connectivity index (χ3v) is 3.07. The first-order valence-corrected chi connectivity index (χ1v) is 6.65. The van der Waals surface area contributed by atoms with Gasteiger partial charge in [-0.3, -0.25) is 0 Å². The van der Waals surface area contributed by atoms with E-state index in [1.807, 2.05) is 35.1 Å². The van der Waals surface area contributed by atoms with Crippen LogP contribution in [-0.2, 0) is 12.1 Å². The summed E-state index contributed by atoms with van der Waals surface area (Å²) in [7, 11) is 0. The van der Waals surface area contributed by atoms with Crippen molar-refractivity contribution in [3.8, 4) is 0 Å². The van der Waals surface area contributed by atoms with Gasteiger partial charge in [0.25, 0.3) is 0 Å². The molecule has 0 saturated carbocycles. The molecule has 5 heteroatoms. The molecule has 1 aromatic heterocycles. The predicted molar refractivity (Wildman–Crippen MR) is 76.5 cm³/mol. The van der Waals surface area contributed by atoms with E-state index in [1.54, 1.807) is 0 Å². The van der Waals surface area contributed by atoms with Crippen LogP contribution in [0.3, 0.4) is 0 Å². The van der Waals surface area contributed by atoms with E-state index in [0.717, 1.165) is 15.9 Å². The summed E-state index contributed by atoms with van der Waals surface area (Å²) in [5.41, 5.74) is 1.99. The molecular formula is C13H17BrN4. The van der Waals surface area contributed by atoms with E-state index in [2.05, 4.69) is 52.3 Å². The van der Waals surface area contributed by atoms with Crippen LogP contribution in [-0.4, -0.2) is 15.0 Å². The van der Waals surface area contributed by atoms with E-state index in [4.69, 9.17) is 0 Å². The summed E-state index contributed by atoms with van der Waals surface area (Å²) in [5, 5.41) is 11.6. The molecule has 0 bridgehead atoms. The molecule has 0 radical (unpaired) electrons. The van der Waals surface area contributed by atoms with Gasteiger partial charge in [-0.25, -0.2) is 4.68 Å². The number of anilines is 1. The van der Waals surface area contributed by atoms with Crippen LogP contribution in [0.5, 0.6) is 0 Å². The number of hydrogen-bond donors (Lipinski definition) is 1. The molecule has 4 nitrogen and oxygen atoms in total. The molecule has 0 aliphatic carbocycles. The Kier molecular flexibility index (Phi) is 3.71. The summed E-state index contributed by atoms with van der Waals surface area (Å²) in [6.45, 7) is 6.99. The Morgan fingerprint density at radius 2 is 1.89 bits per heavy atom. The quantitative estimate of drug-likeness (QED) is 0.945. The monoisotopic (exact) mass is 308 g/mol. The number of aromatic nitrogens is 3. The predicted octanol–water partition coefficient (Wildman–Crippen LogP) is 3.41. The largest absolute Gasteiger partial charge is 0.379 e. The zero-order chi connectivity index (χ0) is 13.2. The highest BCUT2D eigenvalue weighted by atomic mass is 79.9. The lowest BCUT2D eigenvalue weighted by atomic mass is 10.1. The lowest BCUT2D eigenvalue weighted by Gasteiger charge is -2.17. The third-order valence-electron chi connectivity index (χ3n) is 2.55. The Labute approximate surface area is 116 Å². The Bertz CT molecular complexity index is 511. The zero-order valence-corrected chi connectivity index (χ0v) is 12.4. The van der Waals surface area contributed by atoms with Gasteiger partial charge in [0.15, 0.2) is 0 Å². The highest BCUT2D eigenvalue weighted by Crippen LogP contribution is 2.15. The minimum atomic E-state index is -0.0249. The van der Waals surface area contributed by atoms with Crippen molar-refractivity contribution in [2.45, 2.75) is 32.9 Å². The SMILES string of the molecule is CC(C)(C)n1cc(CNc2ccc(Br)cc2)nn1. The Hall–Kier alpha value is -1.36. The van der Waals surface area contributed by atoms with Crippen molar-refractivity contribution in [1.82, 2.24) is 15.0 Å². The second-order valence-corrected chi connectivity index (χ2v) is 6.10. The van der Waals surface area contributed by atoms with E-state index in [-0.39, 0.29) is 5.54 Å². The van der Waals surface area contributed by atoms with E-state index in [0.29, 0.717) is 6.54 Å². The average molecular weight is 309 g/mol. The maximum absolute atomic E-state index is 4.16. The van der Waals surface area contributed by atoms with Crippen LogP contribution in [0.1, 0.15) is 26.5 Å². The summed E-state index contributed by atoms with van der Waals surface area (Å²) in [6, 6.07) is 8.07. The first-order chi connectivity index (χ1) is 8.45. The minimum Gasteiger partial charge on any atom is -0.379 e. The summed E-state index contributed by atoms with van der Waals surface area (Å²) < 4.78 is 2.96. The van der Waals surface area contributed by atoms with Gasteiger partial charge in [0, 0.05) is 10.2 Å². The highest BCUT2D eigenvalue weighted by molar-refractivity contribution is 9.10. The van der Waals surface area contributed by atoms with Crippen LogP contribution >= 0.6 is 15.9 Å². The van der Waals surface area contributed by atoms with E-state index in [9.17, 15) is 0 Å². The first kappa shape index (κ1) is 13.1. The summed E-state index contributed by atoms with van der Waals surface area (Å²) in [4.78, 5) is 0. The van der Waals surface area contributed by atoms with Crippen molar-refractivity contribution in [2.75, 3.05) is 5.32 Å². The molecular weight excluding hydrogens is 292 g/mol. The van der Waals surface area contributed by atoms with Gasteiger partial charge in [0.1, 0.15) is 5.69 Å². The summed E-state index contributed by atoms with van der Waals surface area (Å²) >= 11 is 3.41. The van der Waals surface area contributed by atoms with Crippen LogP contribution in [0.25, 0.3) is 0 Å². The molecule has 0 unspecified atom stereocenters. The average Bonchev–Trinajstić information content (AvgIpc) is 2.77. The minimum absolute atomic E-state index is 0.0249. The van der Waals surface area contributed by atoms with Crippen molar-refractivity contribution in [3.05, 3.63) is 40.6 Å². The molecule has 1 N–H and O–H groups in total. The molecule has 0 fully saturated rings. The lowest BCUT2D eigenvalue weighted by Crippen LogP contribution is -2.22. The standard InChI is InChI=1S/C13H17BrN4/c1-13(2,3)18-9-12(16-17-18)8-15-11-6-4-10(14)5-7-11/h4-7,9,15H,8H2,1-3H3. The van der Waals surface area contributed by atoms with Crippen LogP contribution < -0.4 is 5.32 Å². The van der Waals surface area contributed by atoms with E-state index < -0.39 is 0 Å². The molecule has 2 aromatic rings. The summed E-state index contributed by atoms with van der Waals surface area (Å²) in [6.07, 6.45) is 1.98. The molecule has 1 aromatic carbocycles. The number of hydrogen-bond acceptors (Lipinski definition) is 3. The summed E-state index contributed by atoms with van der Waals surface area (Å²) in [5.74, 6) is 0. The number of nitrogens with zero attached hydrogens (tertiary/aromatic N) is 3. The van der Waals surface area contributed by atoms with Gasteiger partial charge in [-0.2, -0.15) is 0 Å². The molecule has 0 aliphatic rings. The molecule has 2 rings (SSSR count). The van der Waals surface area contributed by atoms with Gasteiger partial charge in [-0.1, -0.05) is 21.1 Å². The topological polar surface area (TPSA) is 42.7 Å². The second kappa shape index (κ2) is 5.10. The second-order valence-electron chi connectivity index (χ2n) is 5.19. The molecule has 0 amide bonds. The van der Waals surface area contributed by atoms with Gasteiger partial charge >= 0.3 is 0 Å². The third kappa shape index (κ3) is 3.32. The molecule has 96 valence electrons. The molecule has 18 heavy (non-hydrogen) atoms. The van der Waals surface area contributed by atoms with Crippen LogP contribution in [0.4, 0.5) is 5.69 Å². The number of halogens is 1. The first-order valence-electron chi connectivity index (χ1n) is 5.86. The van der Waals surface area contributed by atoms with Crippen LogP contribution in [0.2, 0.25) is 0 Å². The smallest absolute Gasteiger partial charge is 0.102 e. The number of rotatable bonds is 3. The molecule has 0 aliphatic heterocycles. The molecule has 0 atom stereocenters. The maximum atomic E-state index is 4.16. The number of nitrogens with one attached hydrogen (secondary N) is 1. The van der Waals surface area contributed by atoms with Crippen LogP contribution in [0, 0.1) is 0 Å². The Morgan fingerprint density at radius 3 is 2.44 bits per heavy atom. The Morgan fingerprint density at radius 1 is 1.22 bits per heavy atom. The molecule has 1 heterocycles. The fourth-order valence-electron chi connectivity index (χ4n) is 1.47. The van der Waals surface area contributed by atoms with E-state index >= 15 is 0 Å². The fraction of sp³-hybridized carbons (Fsp3) is 0.385. The highest BCUT2D eigenvalue weighted by Gasteiger charge is 2.14. The molecule has 0 spiro atoms.